The summed E-state index contributed by atoms with van der Waals surface area (Å²) in [5, 5.41) is 0.309. The number of halogens is 3. The maximum Gasteiger partial charge on any atom is 0.246 e. The molecule has 0 atom stereocenters. The van der Waals surface area contributed by atoms with Crippen molar-refractivity contribution in [3.8, 4) is 0 Å². The topological polar surface area (TPSA) is 37.4 Å². The second-order valence-corrected chi connectivity index (χ2v) is 8.56. The highest BCUT2D eigenvalue weighted by Gasteiger charge is 2.32. The van der Waals surface area contributed by atoms with Crippen LogP contribution in [0.3, 0.4) is 0 Å². The van der Waals surface area contributed by atoms with Gasteiger partial charge in [0.2, 0.25) is 10.0 Å². The Morgan fingerprint density at radius 2 is 1.75 bits per heavy atom. The van der Waals surface area contributed by atoms with Crippen molar-refractivity contribution in [2.75, 3.05) is 13.1 Å². The van der Waals surface area contributed by atoms with Crippen LogP contribution in [-0.4, -0.2) is 25.8 Å². The molecule has 1 fully saturated rings. The van der Waals surface area contributed by atoms with E-state index in [2.05, 4.69) is 22.9 Å². The first-order valence-electron chi connectivity index (χ1n) is 6.51. The van der Waals surface area contributed by atoms with Crippen molar-refractivity contribution < 1.29 is 8.42 Å². The normalized spacial score (nSPS) is 18.4. The van der Waals surface area contributed by atoms with E-state index in [4.69, 9.17) is 23.2 Å². The molecule has 0 radical (unpaired) electrons. The van der Waals surface area contributed by atoms with Crippen molar-refractivity contribution in [2.45, 2.75) is 31.1 Å². The van der Waals surface area contributed by atoms with Crippen LogP contribution >= 0.6 is 39.1 Å². The molecule has 1 heterocycles. The predicted molar refractivity (Wildman–Crippen MR) is 85.9 cm³/mol. The lowest BCUT2D eigenvalue weighted by molar-refractivity contribution is 0.269. The monoisotopic (exact) mass is 399 g/mol. The second-order valence-electron chi connectivity index (χ2n) is 4.95. The van der Waals surface area contributed by atoms with E-state index >= 15 is 0 Å². The molecule has 7 heteroatoms. The Bertz CT molecular complexity index is 575. The van der Waals surface area contributed by atoms with Gasteiger partial charge < -0.3 is 0 Å². The third kappa shape index (κ3) is 3.33. The van der Waals surface area contributed by atoms with Gasteiger partial charge in [0.1, 0.15) is 4.90 Å². The Labute approximate surface area is 138 Å². The molecular formula is C13H16BrCl2NO2S. The average molecular weight is 401 g/mol. The van der Waals surface area contributed by atoms with Crippen LogP contribution in [0.4, 0.5) is 0 Å². The molecule has 0 unspecified atom stereocenters. The highest BCUT2D eigenvalue weighted by Crippen LogP contribution is 2.36. The number of hydrogen-bond acceptors (Lipinski definition) is 2. The summed E-state index contributed by atoms with van der Waals surface area (Å²) in [5.74, 6) is 0.609. The van der Waals surface area contributed by atoms with Gasteiger partial charge in [-0.25, -0.2) is 8.42 Å². The molecule has 1 aromatic carbocycles. The maximum absolute atomic E-state index is 12.7. The largest absolute Gasteiger partial charge is 0.246 e. The predicted octanol–water partition coefficient (Wildman–Crippen LogP) is 4.57. The molecule has 0 amide bonds. The Morgan fingerprint density at radius 3 is 2.20 bits per heavy atom. The van der Waals surface area contributed by atoms with Gasteiger partial charge in [-0.15, -0.1) is 0 Å². The zero-order valence-electron chi connectivity index (χ0n) is 11.1. The van der Waals surface area contributed by atoms with Gasteiger partial charge in [0.25, 0.3) is 0 Å². The standard InChI is InChI=1S/C13H16BrCl2NO2S/c1-2-9-3-5-17(6-4-9)20(18,19)13-11(15)7-10(14)8-12(13)16/h7-9H,2-6H2,1H3. The lowest BCUT2D eigenvalue weighted by atomic mass is 9.96. The number of rotatable bonds is 3. The van der Waals surface area contributed by atoms with Gasteiger partial charge in [0.15, 0.2) is 0 Å². The van der Waals surface area contributed by atoms with E-state index in [9.17, 15) is 8.42 Å². The molecule has 0 spiro atoms. The molecule has 0 saturated carbocycles. The van der Waals surface area contributed by atoms with Crippen LogP contribution in [0.25, 0.3) is 0 Å². The second kappa shape index (κ2) is 6.53. The summed E-state index contributed by atoms with van der Waals surface area (Å²) in [6.07, 6.45) is 2.87. The van der Waals surface area contributed by atoms with E-state index in [0.717, 1.165) is 19.3 Å². The molecule has 0 aliphatic carbocycles. The van der Waals surface area contributed by atoms with Crippen LogP contribution < -0.4 is 0 Å². The van der Waals surface area contributed by atoms with Crippen molar-refractivity contribution in [2.24, 2.45) is 5.92 Å². The fraction of sp³-hybridized carbons (Fsp3) is 0.538. The summed E-state index contributed by atoms with van der Waals surface area (Å²) in [4.78, 5) is 0.0129. The van der Waals surface area contributed by atoms with Crippen molar-refractivity contribution in [3.63, 3.8) is 0 Å². The fourth-order valence-electron chi connectivity index (χ4n) is 2.46. The smallest absolute Gasteiger partial charge is 0.207 e. The minimum absolute atomic E-state index is 0.0129. The van der Waals surface area contributed by atoms with E-state index < -0.39 is 10.0 Å². The van der Waals surface area contributed by atoms with Crippen LogP contribution in [0.15, 0.2) is 21.5 Å². The number of benzene rings is 1. The molecule has 1 aliphatic heterocycles. The summed E-state index contributed by atoms with van der Waals surface area (Å²) < 4.78 is 27.5. The van der Waals surface area contributed by atoms with Crippen LogP contribution in [0.2, 0.25) is 10.0 Å². The molecule has 1 aromatic rings. The molecule has 0 aromatic heterocycles. The van der Waals surface area contributed by atoms with E-state index in [1.165, 1.54) is 4.31 Å². The SMILES string of the molecule is CCC1CCN(S(=O)(=O)c2c(Cl)cc(Br)cc2Cl)CC1. The Hall–Kier alpha value is 0.190. The van der Waals surface area contributed by atoms with Crippen LogP contribution in [0.5, 0.6) is 0 Å². The highest BCUT2D eigenvalue weighted by atomic mass is 79.9. The average Bonchev–Trinajstić information content (AvgIpc) is 2.37. The lowest BCUT2D eigenvalue weighted by Crippen LogP contribution is -2.38. The molecule has 2 rings (SSSR count). The van der Waals surface area contributed by atoms with Crippen molar-refractivity contribution in [1.29, 1.82) is 0 Å². The first-order valence-corrected chi connectivity index (χ1v) is 9.49. The first kappa shape index (κ1) is 16.6. The lowest BCUT2D eigenvalue weighted by Gasteiger charge is -2.31. The highest BCUT2D eigenvalue weighted by molar-refractivity contribution is 9.10. The molecule has 0 bridgehead atoms. The minimum Gasteiger partial charge on any atom is -0.207 e. The van der Waals surface area contributed by atoms with Crippen LogP contribution in [0, 0.1) is 5.92 Å². The number of piperidine rings is 1. The Morgan fingerprint density at radius 1 is 1.25 bits per heavy atom. The van der Waals surface area contributed by atoms with Gasteiger partial charge in [-0.2, -0.15) is 4.31 Å². The van der Waals surface area contributed by atoms with E-state index in [-0.39, 0.29) is 14.9 Å². The molecule has 1 aliphatic rings. The van der Waals surface area contributed by atoms with Gasteiger partial charge in [-0.3, -0.25) is 0 Å². The van der Waals surface area contributed by atoms with Gasteiger partial charge >= 0.3 is 0 Å². The number of hydrogen-bond donors (Lipinski definition) is 0. The van der Waals surface area contributed by atoms with E-state index in [1.807, 2.05) is 0 Å². The number of sulfonamides is 1. The van der Waals surface area contributed by atoms with E-state index in [1.54, 1.807) is 12.1 Å². The van der Waals surface area contributed by atoms with Gasteiger partial charge in [-0.1, -0.05) is 52.5 Å². The summed E-state index contributed by atoms with van der Waals surface area (Å²) in [6.45, 7) is 3.20. The summed E-state index contributed by atoms with van der Waals surface area (Å²) in [5.41, 5.74) is 0. The van der Waals surface area contributed by atoms with Crippen molar-refractivity contribution >= 4 is 49.2 Å². The number of nitrogens with zero attached hydrogens (tertiary/aromatic N) is 1. The molecule has 0 N–H and O–H groups in total. The van der Waals surface area contributed by atoms with Gasteiger partial charge in [-0.05, 0) is 30.9 Å². The molecule has 1 saturated heterocycles. The molecule has 112 valence electrons. The Kier molecular flexibility index (Phi) is 5.40. The van der Waals surface area contributed by atoms with Gasteiger partial charge in [0, 0.05) is 17.6 Å². The molecule has 20 heavy (non-hydrogen) atoms. The zero-order chi connectivity index (χ0) is 14.9. The van der Waals surface area contributed by atoms with E-state index in [0.29, 0.717) is 23.5 Å². The van der Waals surface area contributed by atoms with Crippen molar-refractivity contribution in [1.82, 2.24) is 4.31 Å². The Balaban J connectivity index is 2.32. The zero-order valence-corrected chi connectivity index (χ0v) is 15.0. The summed E-state index contributed by atoms with van der Waals surface area (Å²) in [7, 11) is -3.62. The summed E-state index contributed by atoms with van der Waals surface area (Å²) >= 11 is 15.4. The molecule has 3 nitrogen and oxygen atoms in total. The van der Waals surface area contributed by atoms with Gasteiger partial charge in [0.05, 0.1) is 10.0 Å². The van der Waals surface area contributed by atoms with Crippen LogP contribution in [-0.2, 0) is 10.0 Å². The third-order valence-corrected chi connectivity index (χ3v) is 6.99. The summed E-state index contributed by atoms with van der Waals surface area (Å²) in [6, 6.07) is 3.11. The first-order chi connectivity index (χ1) is 9.36. The maximum atomic E-state index is 12.7. The molecular weight excluding hydrogens is 385 g/mol. The minimum atomic E-state index is -3.62. The fourth-order valence-corrected chi connectivity index (χ4v) is 5.82. The van der Waals surface area contributed by atoms with Crippen molar-refractivity contribution in [3.05, 3.63) is 26.7 Å². The third-order valence-electron chi connectivity index (χ3n) is 3.71. The van der Waals surface area contributed by atoms with Crippen LogP contribution in [0.1, 0.15) is 26.2 Å². The quantitative estimate of drug-likeness (QED) is 0.745.